The Hall–Kier alpha value is -6.26. The van der Waals surface area contributed by atoms with E-state index in [9.17, 15) is 37.5 Å². The maximum Gasteiger partial charge on any atom is 0.333 e. The molecule has 4 rings (SSSR count). The zero-order valence-electron chi connectivity index (χ0n) is 23.5. The van der Waals surface area contributed by atoms with Crippen LogP contribution >= 0.6 is 0 Å². The normalized spacial score (nSPS) is 12.2. The fourth-order valence-electron chi connectivity index (χ4n) is 3.82. The van der Waals surface area contributed by atoms with E-state index in [-0.39, 0.29) is 22.5 Å². The quantitative estimate of drug-likeness (QED) is 0.0755. The van der Waals surface area contributed by atoms with Gasteiger partial charge in [0.15, 0.2) is 0 Å². The number of nitrogens with one attached hydrogen (secondary N) is 2. The number of carbonyl (C=O) groups excluding carboxylic acids is 6. The largest absolute Gasteiger partial charge is 0.434 e. The molecule has 4 aromatic rings. The predicted molar refractivity (Wildman–Crippen MR) is 155 cm³/mol. The van der Waals surface area contributed by atoms with Crippen molar-refractivity contribution in [3.8, 4) is 0 Å². The topological polar surface area (TPSA) is 207 Å². The SMILES string of the molecule is NC(OC(=O)/C=C/C(=O)OC(N)C(=O)Nn1cccc1C(=O)c1cccc(F)c1)C(=O)Nn1cccc1C(=O)c1cccc(F)c1. The van der Waals surface area contributed by atoms with Crippen LogP contribution in [-0.2, 0) is 28.7 Å². The Kier molecular flexibility index (Phi) is 10.3. The van der Waals surface area contributed by atoms with Crippen LogP contribution < -0.4 is 22.3 Å². The van der Waals surface area contributed by atoms with Crippen molar-refractivity contribution in [1.82, 2.24) is 9.35 Å². The molecule has 0 aliphatic rings. The summed E-state index contributed by atoms with van der Waals surface area (Å²) in [5.74, 6) is -7.13. The molecule has 0 spiro atoms. The van der Waals surface area contributed by atoms with Gasteiger partial charge in [-0.05, 0) is 48.5 Å². The second-order valence-corrected chi connectivity index (χ2v) is 9.21. The molecule has 2 heterocycles. The van der Waals surface area contributed by atoms with E-state index in [4.69, 9.17) is 20.9 Å². The first kappa shape index (κ1) is 32.6. The Balaban J connectivity index is 1.26. The van der Waals surface area contributed by atoms with Gasteiger partial charge in [-0.15, -0.1) is 0 Å². The van der Waals surface area contributed by atoms with Crippen LogP contribution in [0.2, 0.25) is 0 Å². The molecular formula is C30H24F2N6O8. The Labute approximate surface area is 258 Å². The number of benzene rings is 2. The number of halogens is 2. The van der Waals surface area contributed by atoms with E-state index in [0.717, 1.165) is 33.6 Å². The smallest absolute Gasteiger partial charge is 0.333 e. The summed E-state index contributed by atoms with van der Waals surface area (Å²) in [6.45, 7) is 0. The Morgan fingerprint density at radius 3 is 1.39 bits per heavy atom. The number of hydrogen-bond donors (Lipinski definition) is 4. The summed E-state index contributed by atoms with van der Waals surface area (Å²) in [4.78, 5) is 74.4. The Bertz CT molecular complexity index is 1720. The number of aromatic nitrogens is 2. The van der Waals surface area contributed by atoms with Crippen molar-refractivity contribution >= 4 is 35.3 Å². The summed E-state index contributed by atoms with van der Waals surface area (Å²) >= 11 is 0. The maximum absolute atomic E-state index is 13.5. The highest BCUT2D eigenvalue weighted by atomic mass is 19.1. The van der Waals surface area contributed by atoms with Gasteiger partial charge < -0.3 is 9.47 Å². The van der Waals surface area contributed by atoms with E-state index >= 15 is 0 Å². The zero-order valence-corrected chi connectivity index (χ0v) is 23.5. The Morgan fingerprint density at radius 1 is 0.630 bits per heavy atom. The van der Waals surface area contributed by atoms with Crippen LogP contribution in [0.1, 0.15) is 32.1 Å². The highest BCUT2D eigenvalue weighted by Gasteiger charge is 2.23. The second kappa shape index (κ2) is 14.5. The summed E-state index contributed by atoms with van der Waals surface area (Å²) in [7, 11) is 0. The van der Waals surface area contributed by atoms with Gasteiger partial charge in [-0.1, -0.05) is 24.3 Å². The molecule has 236 valence electrons. The minimum Gasteiger partial charge on any atom is -0.434 e. The lowest BCUT2D eigenvalue weighted by atomic mass is 10.1. The lowest BCUT2D eigenvalue weighted by Gasteiger charge is -2.15. The van der Waals surface area contributed by atoms with Crippen LogP contribution in [0.15, 0.2) is 97.3 Å². The molecule has 2 atom stereocenters. The molecular weight excluding hydrogens is 610 g/mol. The summed E-state index contributed by atoms with van der Waals surface area (Å²) in [6.07, 6.45) is -0.0909. The fourth-order valence-corrected chi connectivity index (χ4v) is 3.82. The van der Waals surface area contributed by atoms with Gasteiger partial charge in [0, 0.05) is 35.7 Å². The summed E-state index contributed by atoms with van der Waals surface area (Å²) < 4.78 is 38.5. The van der Waals surface area contributed by atoms with Gasteiger partial charge in [0.05, 0.1) is 0 Å². The van der Waals surface area contributed by atoms with E-state index in [1.807, 2.05) is 0 Å². The number of nitrogens with two attached hydrogens (primary N) is 2. The number of nitrogens with zero attached hydrogens (tertiary/aromatic N) is 2. The number of amides is 2. The highest BCUT2D eigenvalue weighted by Crippen LogP contribution is 2.13. The molecule has 14 nitrogen and oxygen atoms in total. The molecule has 2 amide bonds. The van der Waals surface area contributed by atoms with Crippen LogP contribution in [-0.4, -0.2) is 57.1 Å². The summed E-state index contributed by atoms with van der Waals surface area (Å²) in [5, 5.41) is 0. The van der Waals surface area contributed by atoms with Crippen molar-refractivity contribution in [2.75, 3.05) is 10.9 Å². The zero-order chi connectivity index (χ0) is 33.4. The molecule has 0 saturated heterocycles. The number of ether oxygens (including phenoxy) is 2. The number of esters is 2. The van der Waals surface area contributed by atoms with Gasteiger partial charge in [0.25, 0.3) is 11.8 Å². The van der Waals surface area contributed by atoms with Crippen LogP contribution in [0.25, 0.3) is 0 Å². The van der Waals surface area contributed by atoms with Crippen molar-refractivity contribution in [3.63, 3.8) is 0 Å². The molecule has 0 saturated carbocycles. The van der Waals surface area contributed by atoms with Crippen molar-refractivity contribution in [2.24, 2.45) is 11.5 Å². The second-order valence-electron chi connectivity index (χ2n) is 9.21. The molecule has 46 heavy (non-hydrogen) atoms. The third-order valence-corrected chi connectivity index (χ3v) is 5.96. The monoisotopic (exact) mass is 634 g/mol. The molecule has 6 N–H and O–H groups in total. The summed E-state index contributed by atoms with van der Waals surface area (Å²) in [5.41, 5.74) is 15.6. The molecule has 2 aromatic heterocycles. The molecule has 0 aliphatic heterocycles. The minimum absolute atomic E-state index is 0.0181. The average molecular weight is 635 g/mol. The van der Waals surface area contributed by atoms with Crippen molar-refractivity contribution in [3.05, 3.63) is 131 Å². The van der Waals surface area contributed by atoms with Gasteiger partial charge in [-0.3, -0.25) is 50.8 Å². The van der Waals surface area contributed by atoms with E-state index in [2.05, 4.69) is 10.9 Å². The lowest BCUT2D eigenvalue weighted by Crippen LogP contribution is -2.43. The number of rotatable bonds is 12. The van der Waals surface area contributed by atoms with E-state index in [1.165, 1.54) is 60.9 Å². The first-order chi connectivity index (χ1) is 21.9. The molecule has 0 aliphatic carbocycles. The van der Waals surface area contributed by atoms with Crippen LogP contribution in [0.5, 0.6) is 0 Å². The first-order valence-electron chi connectivity index (χ1n) is 13.1. The molecule has 0 bridgehead atoms. The number of hydrogen-bond acceptors (Lipinski definition) is 10. The van der Waals surface area contributed by atoms with Crippen molar-refractivity contribution in [1.29, 1.82) is 0 Å². The molecule has 0 radical (unpaired) electrons. The van der Waals surface area contributed by atoms with E-state index < -0.39 is 59.4 Å². The van der Waals surface area contributed by atoms with Gasteiger partial charge in [0.2, 0.25) is 24.0 Å². The van der Waals surface area contributed by atoms with Crippen LogP contribution in [0.4, 0.5) is 8.78 Å². The third kappa shape index (κ3) is 8.22. The summed E-state index contributed by atoms with van der Waals surface area (Å²) in [6, 6.07) is 15.4. The van der Waals surface area contributed by atoms with Gasteiger partial charge >= 0.3 is 11.9 Å². The lowest BCUT2D eigenvalue weighted by molar-refractivity contribution is -0.151. The number of carbonyl (C=O) groups is 6. The maximum atomic E-state index is 13.5. The van der Waals surface area contributed by atoms with Gasteiger partial charge in [-0.2, -0.15) is 0 Å². The average Bonchev–Trinajstić information content (AvgIpc) is 3.68. The molecule has 16 heteroatoms. The van der Waals surface area contributed by atoms with Crippen LogP contribution in [0.3, 0.4) is 0 Å². The van der Waals surface area contributed by atoms with Crippen molar-refractivity contribution in [2.45, 2.75) is 12.5 Å². The van der Waals surface area contributed by atoms with E-state index in [1.54, 1.807) is 0 Å². The standard InChI is InChI=1S/C30H24F2N6O8/c31-19-7-1-5-17(15-19)25(41)21-9-3-13-37(21)35-29(43)27(33)45-23(39)11-12-24(40)46-28(34)30(44)36-38-14-4-10-22(38)26(42)18-6-2-8-20(32)16-18/h1-16,27-28H,33-34H2,(H,35,43)(H,36,44)/b12-11+. The number of ketones is 2. The van der Waals surface area contributed by atoms with Crippen LogP contribution in [0, 0.1) is 11.6 Å². The Morgan fingerprint density at radius 2 is 1.02 bits per heavy atom. The molecule has 2 aromatic carbocycles. The van der Waals surface area contributed by atoms with Gasteiger partial charge in [-0.25, -0.2) is 18.4 Å². The van der Waals surface area contributed by atoms with E-state index in [0.29, 0.717) is 12.2 Å². The van der Waals surface area contributed by atoms with Gasteiger partial charge in [0.1, 0.15) is 23.0 Å². The first-order valence-corrected chi connectivity index (χ1v) is 13.1. The molecule has 0 fully saturated rings. The fraction of sp³-hybridized carbons (Fsp3) is 0.0667. The predicted octanol–water partition coefficient (Wildman–Crippen LogP) is 1.08. The third-order valence-electron chi connectivity index (χ3n) is 5.96. The minimum atomic E-state index is -1.90. The highest BCUT2D eigenvalue weighted by molar-refractivity contribution is 6.09. The molecule has 2 unspecified atom stereocenters. The van der Waals surface area contributed by atoms with Crippen molar-refractivity contribution < 1.29 is 47.0 Å².